The number of benzene rings is 2. The van der Waals surface area contributed by atoms with Crippen LogP contribution < -0.4 is 10.1 Å². The van der Waals surface area contributed by atoms with E-state index in [1.165, 1.54) is 5.56 Å². The van der Waals surface area contributed by atoms with E-state index in [0.717, 1.165) is 69.0 Å². The van der Waals surface area contributed by atoms with E-state index in [2.05, 4.69) is 47.5 Å². The Morgan fingerprint density at radius 1 is 1.03 bits per heavy atom. The van der Waals surface area contributed by atoms with E-state index >= 15 is 0 Å². The predicted molar refractivity (Wildman–Crippen MR) is 129 cm³/mol. The lowest BCUT2D eigenvalue weighted by Gasteiger charge is -2.37. The van der Waals surface area contributed by atoms with E-state index in [1.54, 1.807) is 7.11 Å². The van der Waals surface area contributed by atoms with Crippen molar-refractivity contribution in [3.8, 4) is 16.9 Å². The van der Waals surface area contributed by atoms with Crippen LogP contribution >= 0.6 is 0 Å². The number of morpholine rings is 1. The van der Waals surface area contributed by atoms with E-state index in [4.69, 9.17) is 14.2 Å². The molecule has 0 saturated carbocycles. The number of hydrogen-bond donors (Lipinski definition) is 1. The Hall–Kier alpha value is -2.41. The maximum absolute atomic E-state index is 13.5. The van der Waals surface area contributed by atoms with Gasteiger partial charge in [-0.3, -0.25) is 9.69 Å². The second-order valence-corrected chi connectivity index (χ2v) is 9.25. The molecule has 2 aromatic rings. The minimum atomic E-state index is -0.427. The van der Waals surface area contributed by atoms with Gasteiger partial charge in [0.05, 0.1) is 25.7 Å². The van der Waals surface area contributed by atoms with Gasteiger partial charge in [0.25, 0.3) is 0 Å². The molecule has 2 aliphatic heterocycles. The normalized spacial score (nSPS) is 19.6. The molecule has 1 atom stereocenters. The van der Waals surface area contributed by atoms with Crippen molar-refractivity contribution >= 4 is 5.91 Å². The molecule has 2 heterocycles. The van der Waals surface area contributed by atoms with Crippen LogP contribution in [-0.2, 0) is 20.7 Å². The number of hydrogen-bond acceptors (Lipinski definition) is 5. The molecule has 2 fully saturated rings. The summed E-state index contributed by atoms with van der Waals surface area (Å²) >= 11 is 0. The SMILES string of the molecule is COc1ccccc1-c1ccc(CC2(C(=O)NC(C)CN3CCOCC3)CCOCC2)cc1. The lowest BCUT2D eigenvalue weighted by Crippen LogP contribution is -2.52. The van der Waals surface area contributed by atoms with Crippen LogP contribution in [0, 0.1) is 5.41 Å². The number of carbonyl (C=O) groups is 1. The smallest absolute Gasteiger partial charge is 0.226 e. The van der Waals surface area contributed by atoms with E-state index in [1.807, 2.05) is 18.2 Å². The van der Waals surface area contributed by atoms with Crippen molar-refractivity contribution < 1.29 is 19.0 Å². The van der Waals surface area contributed by atoms with E-state index < -0.39 is 5.41 Å². The number of para-hydroxylation sites is 1. The quantitative estimate of drug-likeness (QED) is 0.664. The summed E-state index contributed by atoms with van der Waals surface area (Å²) in [6.45, 7) is 7.61. The minimum absolute atomic E-state index is 0.100. The van der Waals surface area contributed by atoms with Crippen LogP contribution in [0.1, 0.15) is 25.3 Å². The molecule has 1 unspecified atom stereocenters. The minimum Gasteiger partial charge on any atom is -0.496 e. The predicted octanol–water partition coefficient (Wildman–Crippen LogP) is 3.54. The van der Waals surface area contributed by atoms with E-state index in [0.29, 0.717) is 13.2 Å². The van der Waals surface area contributed by atoms with Gasteiger partial charge in [-0.15, -0.1) is 0 Å². The maximum Gasteiger partial charge on any atom is 0.226 e. The number of nitrogens with zero attached hydrogens (tertiary/aromatic N) is 1. The molecule has 0 bridgehead atoms. The van der Waals surface area contributed by atoms with E-state index in [9.17, 15) is 4.79 Å². The Balaban J connectivity index is 1.45. The molecule has 2 aliphatic rings. The van der Waals surface area contributed by atoms with Crippen LogP contribution in [0.3, 0.4) is 0 Å². The molecular weight excluding hydrogens is 416 g/mol. The van der Waals surface area contributed by atoms with Gasteiger partial charge in [0, 0.05) is 44.5 Å². The summed E-state index contributed by atoms with van der Waals surface area (Å²) in [6.07, 6.45) is 2.22. The zero-order valence-corrected chi connectivity index (χ0v) is 19.8. The van der Waals surface area contributed by atoms with Gasteiger partial charge >= 0.3 is 0 Å². The zero-order chi connectivity index (χ0) is 23.1. The molecule has 1 amide bonds. The fourth-order valence-electron chi connectivity index (χ4n) is 4.92. The second-order valence-electron chi connectivity index (χ2n) is 9.25. The highest BCUT2D eigenvalue weighted by Crippen LogP contribution is 2.36. The van der Waals surface area contributed by atoms with Crippen LogP contribution in [-0.4, -0.2) is 70.0 Å². The summed E-state index contributed by atoms with van der Waals surface area (Å²) in [5.74, 6) is 1.01. The van der Waals surface area contributed by atoms with Gasteiger partial charge in [-0.2, -0.15) is 0 Å². The number of carbonyl (C=O) groups excluding carboxylic acids is 1. The third kappa shape index (κ3) is 5.94. The van der Waals surface area contributed by atoms with Crippen molar-refractivity contribution in [2.45, 2.75) is 32.2 Å². The average molecular weight is 453 g/mol. The van der Waals surface area contributed by atoms with Gasteiger partial charge in [-0.1, -0.05) is 42.5 Å². The van der Waals surface area contributed by atoms with Gasteiger partial charge in [-0.05, 0) is 43.4 Å². The number of ether oxygens (including phenoxy) is 3. The first kappa shape index (κ1) is 23.7. The molecule has 0 aromatic heterocycles. The van der Waals surface area contributed by atoms with Gasteiger partial charge in [-0.25, -0.2) is 0 Å². The highest BCUT2D eigenvalue weighted by molar-refractivity contribution is 5.83. The average Bonchev–Trinajstić information content (AvgIpc) is 2.85. The fraction of sp³-hybridized carbons (Fsp3) is 0.519. The summed E-state index contributed by atoms with van der Waals surface area (Å²) in [5, 5.41) is 3.32. The fourth-order valence-corrected chi connectivity index (χ4v) is 4.92. The molecule has 4 rings (SSSR count). The topological polar surface area (TPSA) is 60.0 Å². The number of methoxy groups -OCH3 is 1. The molecule has 2 saturated heterocycles. The molecule has 6 heteroatoms. The first-order chi connectivity index (χ1) is 16.1. The zero-order valence-electron chi connectivity index (χ0n) is 19.8. The Morgan fingerprint density at radius 3 is 2.39 bits per heavy atom. The third-order valence-electron chi connectivity index (χ3n) is 6.86. The summed E-state index contributed by atoms with van der Waals surface area (Å²) in [5.41, 5.74) is 2.93. The van der Waals surface area contributed by atoms with Gasteiger partial charge in [0.15, 0.2) is 0 Å². The highest BCUT2D eigenvalue weighted by Gasteiger charge is 2.40. The molecule has 1 N–H and O–H groups in total. The van der Waals surface area contributed by atoms with Crippen molar-refractivity contribution in [1.29, 1.82) is 0 Å². The van der Waals surface area contributed by atoms with E-state index in [-0.39, 0.29) is 11.9 Å². The van der Waals surface area contributed by atoms with Crippen LogP contribution in [0.15, 0.2) is 48.5 Å². The van der Waals surface area contributed by atoms with Crippen LogP contribution in [0.25, 0.3) is 11.1 Å². The maximum atomic E-state index is 13.5. The summed E-state index contributed by atoms with van der Waals surface area (Å²) in [4.78, 5) is 15.9. The van der Waals surface area contributed by atoms with Gasteiger partial charge < -0.3 is 19.5 Å². The summed E-state index contributed by atoms with van der Waals surface area (Å²) in [6, 6.07) is 16.7. The summed E-state index contributed by atoms with van der Waals surface area (Å²) < 4.78 is 16.6. The van der Waals surface area contributed by atoms with Crippen molar-refractivity contribution in [3.05, 3.63) is 54.1 Å². The van der Waals surface area contributed by atoms with Crippen LogP contribution in [0.2, 0.25) is 0 Å². The Bertz CT molecular complexity index is 903. The Morgan fingerprint density at radius 2 is 1.70 bits per heavy atom. The second kappa shape index (κ2) is 11.1. The molecule has 6 nitrogen and oxygen atoms in total. The number of rotatable bonds is 8. The van der Waals surface area contributed by atoms with Crippen molar-refractivity contribution in [2.75, 3.05) is 53.2 Å². The van der Waals surface area contributed by atoms with Crippen molar-refractivity contribution in [3.63, 3.8) is 0 Å². The van der Waals surface area contributed by atoms with Gasteiger partial charge in [0.2, 0.25) is 5.91 Å². The lowest BCUT2D eigenvalue weighted by atomic mass is 9.74. The first-order valence-corrected chi connectivity index (χ1v) is 12.0. The standard InChI is InChI=1S/C27H36N2O4/c1-21(20-29-13-17-33-18-14-29)28-26(30)27(11-15-32-16-12-27)19-22-7-9-23(10-8-22)24-5-3-4-6-25(24)31-2/h3-10,21H,11-20H2,1-2H3,(H,28,30). The van der Waals surface area contributed by atoms with Gasteiger partial charge in [0.1, 0.15) is 5.75 Å². The molecular formula is C27H36N2O4. The largest absolute Gasteiger partial charge is 0.496 e. The molecule has 178 valence electrons. The number of amides is 1. The lowest BCUT2D eigenvalue weighted by molar-refractivity contribution is -0.137. The Kier molecular flexibility index (Phi) is 8.02. The van der Waals surface area contributed by atoms with Crippen LogP contribution in [0.5, 0.6) is 5.75 Å². The number of nitrogens with one attached hydrogen (secondary N) is 1. The summed E-state index contributed by atoms with van der Waals surface area (Å²) in [7, 11) is 1.70. The third-order valence-corrected chi connectivity index (χ3v) is 6.86. The van der Waals surface area contributed by atoms with Crippen LogP contribution in [0.4, 0.5) is 0 Å². The molecule has 0 spiro atoms. The van der Waals surface area contributed by atoms with Crippen molar-refractivity contribution in [2.24, 2.45) is 5.41 Å². The molecule has 0 aliphatic carbocycles. The highest BCUT2D eigenvalue weighted by atomic mass is 16.5. The first-order valence-electron chi connectivity index (χ1n) is 12.0. The molecule has 33 heavy (non-hydrogen) atoms. The molecule has 2 aromatic carbocycles. The van der Waals surface area contributed by atoms with Crippen molar-refractivity contribution in [1.82, 2.24) is 10.2 Å². The molecule has 0 radical (unpaired) electrons. The Labute approximate surface area is 197 Å². The monoisotopic (exact) mass is 452 g/mol.